The number of anilines is 1. The van der Waals surface area contributed by atoms with Crippen molar-refractivity contribution >= 4 is 43.9 Å². The third-order valence-corrected chi connectivity index (χ3v) is 6.44. The van der Waals surface area contributed by atoms with Gasteiger partial charge in [-0.05, 0) is 43.7 Å². The van der Waals surface area contributed by atoms with E-state index < -0.39 is 0 Å². The molecule has 0 atom stereocenters. The molecule has 9 heteroatoms. The predicted octanol–water partition coefficient (Wildman–Crippen LogP) is 4.13. The Hall–Kier alpha value is -2.91. The van der Waals surface area contributed by atoms with Crippen LogP contribution >= 0.6 is 22.7 Å². The van der Waals surface area contributed by atoms with Gasteiger partial charge in [0.05, 0.1) is 22.3 Å². The van der Waals surface area contributed by atoms with Crippen molar-refractivity contribution in [3.8, 4) is 11.3 Å². The molecule has 0 unspecified atom stereocenters. The molecular weight excluding hydrogens is 399 g/mol. The first-order chi connectivity index (χ1) is 13.3. The molecule has 0 fully saturated rings. The average Bonchev–Trinajstić information content (AvgIpc) is 3.19. The van der Waals surface area contributed by atoms with Crippen LogP contribution in [0.1, 0.15) is 20.1 Å². The number of benzene rings is 1. The molecule has 4 aromatic rings. The summed E-state index contributed by atoms with van der Waals surface area (Å²) in [5.41, 5.74) is 1.91. The number of nitrogens with one attached hydrogen (secondary N) is 1. The van der Waals surface area contributed by atoms with Crippen LogP contribution in [0.3, 0.4) is 0 Å². The molecule has 1 aromatic carbocycles. The zero-order valence-corrected chi connectivity index (χ0v) is 16.9. The molecule has 6 nitrogen and oxygen atoms in total. The van der Waals surface area contributed by atoms with Crippen LogP contribution < -0.4 is 10.9 Å². The van der Waals surface area contributed by atoms with Crippen LogP contribution in [0.4, 0.5) is 9.52 Å². The van der Waals surface area contributed by atoms with Gasteiger partial charge in [-0.1, -0.05) is 0 Å². The maximum atomic E-state index is 13.1. The molecule has 0 aliphatic carbocycles. The van der Waals surface area contributed by atoms with Crippen molar-refractivity contribution in [1.29, 1.82) is 0 Å². The molecule has 4 rings (SSSR count). The zero-order valence-electron chi connectivity index (χ0n) is 15.2. The molecule has 142 valence electrons. The lowest BCUT2D eigenvalue weighted by molar-refractivity contribution is 0.103. The van der Waals surface area contributed by atoms with E-state index in [4.69, 9.17) is 0 Å². The Morgan fingerprint density at radius 3 is 2.61 bits per heavy atom. The fourth-order valence-electron chi connectivity index (χ4n) is 2.90. The molecule has 0 aliphatic heterocycles. The second-order valence-electron chi connectivity index (χ2n) is 6.28. The van der Waals surface area contributed by atoms with E-state index in [2.05, 4.69) is 15.3 Å². The number of carbonyl (C=O) groups excluding carboxylic acids is 1. The Morgan fingerprint density at radius 2 is 1.89 bits per heavy atom. The summed E-state index contributed by atoms with van der Waals surface area (Å²) in [6.07, 6.45) is 1.45. The second-order valence-corrected chi connectivity index (χ2v) is 8.48. The molecule has 28 heavy (non-hydrogen) atoms. The number of thiazole rings is 1. The summed E-state index contributed by atoms with van der Waals surface area (Å²) in [4.78, 5) is 35.7. The molecule has 0 radical (unpaired) electrons. The van der Waals surface area contributed by atoms with E-state index in [9.17, 15) is 14.0 Å². The zero-order chi connectivity index (χ0) is 20.0. The van der Waals surface area contributed by atoms with Gasteiger partial charge in [0, 0.05) is 17.5 Å². The third kappa shape index (κ3) is 3.12. The van der Waals surface area contributed by atoms with Gasteiger partial charge < -0.3 is 4.57 Å². The molecule has 0 aliphatic rings. The van der Waals surface area contributed by atoms with Crippen molar-refractivity contribution in [3.05, 3.63) is 62.1 Å². The number of fused-ring (bicyclic) bond motifs is 1. The van der Waals surface area contributed by atoms with Crippen molar-refractivity contribution in [3.63, 3.8) is 0 Å². The van der Waals surface area contributed by atoms with Crippen LogP contribution in [-0.4, -0.2) is 20.4 Å². The summed E-state index contributed by atoms with van der Waals surface area (Å²) in [7, 11) is 1.63. The number of thiophene rings is 1. The minimum atomic E-state index is -0.332. The molecule has 0 saturated carbocycles. The molecular formula is C19H15FN4O2S2. The predicted molar refractivity (Wildman–Crippen MR) is 110 cm³/mol. The fourth-order valence-corrected chi connectivity index (χ4v) is 4.77. The summed E-state index contributed by atoms with van der Waals surface area (Å²) in [5.74, 6) is -0.646. The van der Waals surface area contributed by atoms with Gasteiger partial charge in [-0.15, -0.1) is 22.7 Å². The van der Waals surface area contributed by atoms with E-state index in [1.807, 2.05) is 6.92 Å². The third-order valence-electron chi connectivity index (χ3n) is 4.35. The topological polar surface area (TPSA) is 76.9 Å². The summed E-state index contributed by atoms with van der Waals surface area (Å²) in [6.45, 7) is 3.64. The van der Waals surface area contributed by atoms with Gasteiger partial charge in [0.15, 0.2) is 5.13 Å². The first-order valence-electron chi connectivity index (χ1n) is 8.34. The number of nitrogens with zero attached hydrogens (tertiary/aromatic N) is 3. The number of aryl methyl sites for hydroxylation is 3. The standard InChI is InChI=1S/C19H15FN4O2S2/c1-9-13-17(21-8-24(3)18(13)26)28-15(9)16(25)23-19-22-14(10(2)27-19)11-4-6-12(20)7-5-11/h4-8H,1-3H3,(H,22,23,25). The SMILES string of the molecule is Cc1sc(NC(=O)c2sc3ncn(C)c(=O)c3c2C)nc1-c1ccc(F)cc1. The fraction of sp³-hybridized carbons (Fsp3) is 0.158. The van der Waals surface area contributed by atoms with E-state index >= 15 is 0 Å². The van der Waals surface area contributed by atoms with Crippen molar-refractivity contribution < 1.29 is 9.18 Å². The first kappa shape index (κ1) is 18.5. The normalized spacial score (nSPS) is 11.1. The number of amides is 1. The highest BCUT2D eigenvalue weighted by Gasteiger charge is 2.20. The van der Waals surface area contributed by atoms with Crippen molar-refractivity contribution in [1.82, 2.24) is 14.5 Å². The van der Waals surface area contributed by atoms with Crippen LogP contribution in [0.5, 0.6) is 0 Å². The summed E-state index contributed by atoms with van der Waals surface area (Å²) < 4.78 is 14.5. The minimum absolute atomic E-state index is 0.179. The highest BCUT2D eigenvalue weighted by molar-refractivity contribution is 7.21. The summed E-state index contributed by atoms with van der Waals surface area (Å²) >= 11 is 2.52. The molecule has 0 spiro atoms. The maximum Gasteiger partial charge on any atom is 0.267 e. The van der Waals surface area contributed by atoms with Gasteiger partial charge in [0.25, 0.3) is 11.5 Å². The average molecular weight is 414 g/mol. The summed E-state index contributed by atoms with van der Waals surface area (Å²) in [5, 5.41) is 3.71. The maximum absolute atomic E-state index is 13.1. The van der Waals surface area contributed by atoms with E-state index in [-0.39, 0.29) is 17.3 Å². The van der Waals surface area contributed by atoms with Gasteiger partial charge in [-0.25, -0.2) is 14.4 Å². The number of halogens is 1. The molecule has 1 N–H and O–H groups in total. The van der Waals surface area contributed by atoms with Crippen LogP contribution in [-0.2, 0) is 7.05 Å². The van der Waals surface area contributed by atoms with Gasteiger partial charge in [-0.2, -0.15) is 0 Å². The van der Waals surface area contributed by atoms with Gasteiger partial charge in [-0.3, -0.25) is 14.9 Å². The lowest BCUT2D eigenvalue weighted by Gasteiger charge is -2.00. The Kier molecular flexibility index (Phi) is 4.56. The largest absolute Gasteiger partial charge is 0.302 e. The van der Waals surface area contributed by atoms with E-state index in [0.29, 0.717) is 31.5 Å². The Morgan fingerprint density at radius 1 is 1.18 bits per heavy atom. The number of carbonyl (C=O) groups is 1. The first-order valence-corrected chi connectivity index (χ1v) is 9.98. The van der Waals surface area contributed by atoms with Crippen molar-refractivity contribution in [2.24, 2.45) is 7.05 Å². The van der Waals surface area contributed by atoms with E-state index in [0.717, 1.165) is 10.4 Å². The second kappa shape index (κ2) is 6.92. The summed E-state index contributed by atoms with van der Waals surface area (Å²) in [6, 6.07) is 6.06. The Labute approximate surface area is 167 Å². The lowest BCUT2D eigenvalue weighted by Crippen LogP contribution is -2.17. The lowest BCUT2D eigenvalue weighted by atomic mass is 10.1. The van der Waals surface area contributed by atoms with Gasteiger partial charge in [0.1, 0.15) is 10.6 Å². The number of rotatable bonds is 3. The number of aromatic nitrogens is 3. The molecule has 3 aromatic heterocycles. The quantitative estimate of drug-likeness (QED) is 0.547. The van der Waals surface area contributed by atoms with Crippen molar-refractivity contribution in [2.45, 2.75) is 13.8 Å². The Bertz CT molecular complexity index is 1270. The minimum Gasteiger partial charge on any atom is -0.302 e. The van der Waals surface area contributed by atoms with E-state index in [1.54, 1.807) is 26.1 Å². The number of hydrogen-bond donors (Lipinski definition) is 1. The Balaban J connectivity index is 1.66. The smallest absolute Gasteiger partial charge is 0.267 e. The molecule has 3 heterocycles. The monoisotopic (exact) mass is 414 g/mol. The van der Waals surface area contributed by atoms with Crippen LogP contribution in [0.15, 0.2) is 35.4 Å². The van der Waals surface area contributed by atoms with Crippen molar-refractivity contribution in [2.75, 3.05) is 5.32 Å². The highest BCUT2D eigenvalue weighted by Crippen LogP contribution is 2.32. The van der Waals surface area contributed by atoms with Crippen LogP contribution in [0.25, 0.3) is 21.5 Å². The number of hydrogen-bond acceptors (Lipinski definition) is 6. The highest BCUT2D eigenvalue weighted by atomic mass is 32.1. The van der Waals surface area contributed by atoms with E-state index in [1.165, 1.54) is 45.7 Å². The molecule has 0 saturated heterocycles. The molecule has 0 bridgehead atoms. The van der Waals surface area contributed by atoms with Crippen LogP contribution in [0.2, 0.25) is 0 Å². The van der Waals surface area contributed by atoms with Gasteiger partial charge in [0.2, 0.25) is 0 Å². The van der Waals surface area contributed by atoms with Crippen LogP contribution in [0, 0.1) is 19.7 Å². The van der Waals surface area contributed by atoms with Gasteiger partial charge >= 0.3 is 0 Å². The molecule has 1 amide bonds.